The normalized spacial score (nSPS) is 16.5. The number of nitrogens with one attached hydrogen (secondary N) is 1. The molecule has 2 aromatic rings. The highest BCUT2D eigenvalue weighted by molar-refractivity contribution is 5.95. The highest BCUT2D eigenvalue weighted by Gasteiger charge is 2.18. The van der Waals surface area contributed by atoms with Gasteiger partial charge in [0.1, 0.15) is 11.5 Å². The van der Waals surface area contributed by atoms with Crippen molar-refractivity contribution >= 4 is 12.1 Å². The maximum absolute atomic E-state index is 12.4. The molecule has 1 aliphatic heterocycles. The van der Waals surface area contributed by atoms with Crippen molar-refractivity contribution in [2.75, 3.05) is 20.8 Å². The third-order valence-electron chi connectivity index (χ3n) is 5.01. The van der Waals surface area contributed by atoms with Gasteiger partial charge in [-0.05, 0) is 44.9 Å². The number of aryl methyl sites for hydroxylation is 1. The smallest absolute Gasteiger partial charge is 0.271 e. The molecule has 1 aromatic heterocycles. The molecule has 0 aliphatic carbocycles. The molecule has 0 bridgehead atoms. The van der Waals surface area contributed by atoms with E-state index in [1.807, 2.05) is 0 Å². The van der Waals surface area contributed by atoms with Crippen molar-refractivity contribution in [1.29, 1.82) is 0 Å². The Morgan fingerprint density at radius 3 is 2.57 bits per heavy atom. The molecule has 1 atom stereocenters. The molecule has 0 spiro atoms. The average Bonchev–Trinajstić information content (AvgIpc) is 3.31. The number of amides is 1. The highest BCUT2D eigenvalue weighted by atomic mass is 16.5. The number of ether oxygens (including phenoxy) is 3. The van der Waals surface area contributed by atoms with Gasteiger partial charge in [-0.1, -0.05) is 0 Å². The summed E-state index contributed by atoms with van der Waals surface area (Å²) >= 11 is 0. The molecule has 1 amide bonds. The first-order valence-corrected chi connectivity index (χ1v) is 9.36. The van der Waals surface area contributed by atoms with Gasteiger partial charge in [-0.3, -0.25) is 4.79 Å². The number of benzene rings is 1. The van der Waals surface area contributed by atoms with E-state index in [1.54, 1.807) is 38.6 Å². The average molecular weight is 385 g/mol. The van der Waals surface area contributed by atoms with Crippen LogP contribution < -0.4 is 14.9 Å². The van der Waals surface area contributed by atoms with Gasteiger partial charge >= 0.3 is 0 Å². The molecular formula is C21H27N3O4. The fourth-order valence-electron chi connectivity index (χ4n) is 3.39. The molecule has 1 fully saturated rings. The zero-order valence-electron chi connectivity index (χ0n) is 16.8. The van der Waals surface area contributed by atoms with E-state index in [0.717, 1.165) is 42.9 Å². The molecule has 1 saturated heterocycles. The molecule has 1 aromatic carbocycles. The summed E-state index contributed by atoms with van der Waals surface area (Å²) in [7, 11) is 3.09. The van der Waals surface area contributed by atoms with Crippen LogP contribution in [0.15, 0.2) is 29.4 Å². The predicted octanol–water partition coefficient (Wildman–Crippen LogP) is 3.07. The fraction of sp³-hybridized carbons (Fsp3) is 0.429. The third kappa shape index (κ3) is 4.54. The Morgan fingerprint density at radius 1 is 1.25 bits per heavy atom. The minimum atomic E-state index is -0.332. The van der Waals surface area contributed by atoms with Gasteiger partial charge in [-0.15, -0.1) is 0 Å². The van der Waals surface area contributed by atoms with Crippen molar-refractivity contribution in [2.24, 2.45) is 5.10 Å². The monoisotopic (exact) mass is 385 g/mol. The summed E-state index contributed by atoms with van der Waals surface area (Å²) in [4.78, 5) is 12.4. The molecule has 7 heteroatoms. The van der Waals surface area contributed by atoms with Crippen LogP contribution in [0.25, 0.3) is 0 Å². The lowest BCUT2D eigenvalue weighted by atomic mass is 10.2. The van der Waals surface area contributed by atoms with E-state index in [1.165, 1.54) is 0 Å². The standard InChI is InChI=1S/C21H27N3O4/c1-14-8-17(15(2)24(14)13-18-6-5-7-28-18)12-22-23-21(25)16-9-19(26-3)11-20(10-16)27-4/h8-12,18H,5-7,13H2,1-4H3,(H,23,25)/b22-12-/t18-/m1/s1. The number of rotatable bonds is 7. The third-order valence-corrected chi connectivity index (χ3v) is 5.01. The first-order valence-electron chi connectivity index (χ1n) is 9.36. The Morgan fingerprint density at radius 2 is 1.96 bits per heavy atom. The van der Waals surface area contributed by atoms with Crippen LogP contribution in [0.4, 0.5) is 0 Å². The maximum atomic E-state index is 12.4. The molecule has 2 heterocycles. The summed E-state index contributed by atoms with van der Waals surface area (Å²) in [6.45, 7) is 5.82. The van der Waals surface area contributed by atoms with Crippen LogP contribution in [-0.2, 0) is 11.3 Å². The Bertz CT molecular complexity index is 845. The molecule has 3 rings (SSSR count). The van der Waals surface area contributed by atoms with Gasteiger partial charge in [0.15, 0.2) is 0 Å². The van der Waals surface area contributed by atoms with Crippen molar-refractivity contribution in [3.8, 4) is 11.5 Å². The Balaban J connectivity index is 1.68. The second-order valence-corrected chi connectivity index (χ2v) is 6.87. The van der Waals surface area contributed by atoms with E-state index in [0.29, 0.717) is 17.1 Å². The van der Waals surface area contributed by atoms with E-state index in [2.05, 4.69) is 35.0 Å². The van der Waals surface area contributed by atoms with Crippen LogP contribution in [0.3, 0.4) is 0 Å². The molecule has 1 aliphatic rings. The molecule has 7 nitrogen and oxygen atoms in total. The second kappa shape index (κ2) is 8.93. The largest absolute Gasteiger partial charge is 0.497 e. The molecule has 0 saturated carbocycles. The van der Waals surface area contributed by atoms with Gasteiger partial charge in [-0.2, -0.15) is 5.10 Å². The molecule has 0 radical (unpaired) electrons. The minimum Gasteiger partial charge on any atom is -0.497 e. The van der Waals surface area contributed by atoms with Crippen LogP contribution in [0.2, 0.25) is 0 Å². The number of carbonyl (C=O) groups is 1. The van der Waals surface area contributed by atoms with Crippen LogP contribution in [0.1, 0.15) is 40.2 Å². The topological polar surface area (TPSA) is 74.1 Å². The van der Waals surface area contributed by atoms with Crippen molar-refractivity contribution in [3.63, 3.8) is 0 Å². The van der Waals surface area contributed by atoms with Crippen molar-refractivity contribution < 1.29 is 19.0 Å². The van der Waals surface area contributed by atoms with Gasteiger partial charge < -0.3 is 18.8 Å². The number of nitrogens with zero attached hydrogens (tertiary/aromatic N) is 2. The number of hydrazone groups is 1. The Kier molecular flexibility index (Phi) is 6.36. The molecule has 0 unspecified atom stereocenters. The van der Waals surface area contributed by atoms with Crippen LogP contribution in [0, 0.1) is 13.8 Å². The SMILES string of the molecule is COc1cc(OC)cc(C(=O)N/N=C\c2cc(C)n(C[C@H]3CCCO3)c2C)c1. The first kappa shape index (κ1) is 19.9. The van der Waals surface area contributed by atoms with E-state index >= 15 is 0 Å². The van der Waals surface area contributed by atoms with Crippen LogP contribution in [-0.4, -0.2) is 43.6 Å². The van der Waals surface area contributed by atoms with Crippen molar-refractivity contribution in [1.82, 2.24) is 9.99 Å². The highest BCUT2D eigenvalue weighted by Crippen LogP contribution is 2.22. The Hall–Kier alpha value is -2.80. The van der Waals surface area contributed by atoms with Gasteiger partial charge in [0.25, 0.3) is 5.91 Å². The number of carbonyl (C=O) groups excluding carboxylic acids is 1. The number of aromatic nitrogens is 1. The number of methoxy groups -OCH3 is 2. The molecule has 28 heavy (non-hydrogen) atoms. The summed E-state index contributed by atoms with van der Waals surface area (Å²) < 4.78 is 18.4. The lowest BCUT2D eigenvalue weighted by Crippen LogP contribution is -2.18. The first-order chi connectivity index (χ1) is 13.5. The van der Waals surface area contributed by atoms with E-state index in [-0.39, 0.29) is 12.0 Å². The lowest BCUT2D eigenvalue weighted by Gasteiger charge is -2.14. The number of hydrogen-bond acceptors (Lipinski definition) is 5. The summed E-state index contributed by atoms with van der Waals surface area (Å²) in [6.07, 6.45) is 4.17. The summed E-state index contributed by atoms with van der Waals surface area (Å²) in [5, 5.41) is 4.13. The predicted molar refractivity (Wildman–Crippen MR) is 107 cm³/mol. The van der Waals surface area contributed by atoms with Gasteiger partial charge in [-0.25, -0.2) is 5.43 Å². The van der Waals surface area contributed by atoms with Gasteiger partial charge in [0.05, 0.1) is 26.5 Å². The summed E-state index contributed by atoms with van der Waals surface area (Å²) in [5.74, 6) is 0.763. The zero-order valence-corrected chi connectivity index (χ0v) is 16.8. The van der Waals surface area contributed by atoms with Gasteiger partial charge in [0, 0.05) is 41.7 Å². The van der Waals surface area contributed by atoms with E-state index in [9.17, 15) is 4.79 Å². The molecule has 1 N–H and O–H groups in total. The summed E-state index contributed by atoms with van der Waals surface area (Å²) in [6, 6.07) is 7.05. The van der Waals surface area contributed by atoms with Crippen LogP contribution in [0.5, 0.6) is 11.5 Å². The lowest BCUT2D eigenvalue weighted by molar-refractivity contribution is 0.0953. The van der Waals surface area contributed by atoms with Crippen LogP contribution >= 0.6 is 0 Å². The second-order valence-electron chi connectivity index (χ2n) is 6.87. The fourth-order valence-corrected chi connectivity index (χ4v) is 3.39. The van der Waals surface area contributed by atoms with Crippen molar-refractivity contribution in [3.05, 3.63) is 46.8 Å². The van der Waals surface area contributed by atoms with Crippen molar-refractivity contribution in [2.45, 2.75) is 39.3 Å². The number of hydrogen-bond donors (Lipinski definition) is 1. The summed E-state index contributed by atoms with van der Waals surface area (Å²) in [5.41, 5.74) is 6.21. The van der Waals surface area contributed by atoms with E-state index in [4.69, 9.17) is 14.2 Å². The van der Waals surface area contributed by atoms with Gasteiger partial charge in [0.2, 0.25) is 0 Å². The Labute approximate surface area is 165 Å². The molecule has 150 valence electrons. The zero-order chi connectivity index (χ0) is 20.1. The minimum absolute atomic E-state index is 0.275. The quantitative estimate of drug-likeness (QED) is 0.587. The molecular weight excluding hydrogens is 358 g/mol. The maximum Gasteiger partial charge on any atom is 0.271 e. The van der Waals surface area contributed by atoms with E-state index < -0.39 is 0 Å².